The van der Waals surface area contributed by atoms with Crippen LogP contribution in [0, 0.1) is 6.92 Å². The van der Waals surface area contributed by atoms with Crippen LogP contribution in [0.2, 0.25) is 0 Å². The highest BCUT2D eigenvalue weighted by Gasteiger charge is 2.53. The van der Waals surface area contributed by atoms with Crippen LogP contribution in [0.3, 0.4) is 0 Å². The van der Waals surface area contributed by atoms with Gasteiger partial charge in [0.25, 0.3) is 17.5 Å². The van der Waals surface area contributed by atoms with Crippen molar-refractivity contribution in [3.8, 4) is 5.75 Å². The lowest BCUT2D eigenvalue weighted by Crippen LogP contribution is -2.71. The van der Waals surface area contributed by atoms with E-state index in [1.54, 1.807) is 19.2 Å². The smallest absolute Gasteiger partial charge is 0.276 e. The van der Waals surface area contributed by atoms with Crippen LogP contribution in [0.25, 0.3) is 0 Å². The number of amides is 2. The van der Waals surface area contributed by atoms with E-state index >= 15 is 0 Å². The molecule has 0 aromatic carbocycles. The van der Waals surface area contributed by atoms with E-state index < -0.39 is 29.2 Å². The average Bonchev–Trinajstić information content (AvgIpc) is 3.31. The lowest BCUT2D eigenvalue weighted by Gasteiger charge is -2.50. The molecule has 2 aromatic rings. The number of anilines is 1. The molecule has 1 unspecified atom stereocenters. The van der Waals surface area contributed by atoms with E-state index in [4.69, 9.17) is 21.2 Å². The van der Waals surface area contributed by atoms with E-state index in [-0.39, 0.29) is 28.0 Å². The Morgan fingerprint density at radius 3 is 2.81 bits per heavy atom. The summed E-state index contributed by atoms with van der Waals surface area (Å²) in [6.45, 7) is 1.80. The number of rotatable bonds is 9. The number of carboxylic acid groups (broad SMARTS) is 1. The molecule has 5 N–H and O–H groups in total. The molecular weight excluding hydrogens is 542 g/mol. The number of carbonyl (C=O) groups is 3. The first-order chi connectivity index (χ1) is 17.7. The second kappa shape index (κ2) is 10.9. The number of nitrogens with two attached hydrogens (primary N) is 2. The fourth-order valence-corrected chi connectivity index (χ4v) is 6.95. The third-order valence-corrected chi connectivity index (χ3v) is 8.76. The van der Waals surface area contributed by atoms with E-state index in [2.05, 4.69) is 15.5 Å². The van der Waals surface area contributed by atoms with E-state index in [0.717, 1.165) is 21.1 Å². The predicted molar refractivity (Wildman–Crippen MR) is 136 cm³/mol. The highest BCUT2D eigenvalue weighted by Crippen LogP contribution is 2.42. The highest BCUT2D eigenvalue weighted by atomic mass is 32.2. The van der Waals surface area contributed by atoms with Gasteiger partial charge in [0.05, 0.1) is 23.7 Å². The van der Waals surface area contributed by atoms with Crippen LogP contribution in [0.1, 0.15) is 11.4 Å². The summed E-state index contributed by atoms with van der Waals surface area (Å²) in [4.78, 5) is 48.6. The van der Waals surface area contributed by atoms with Crippen molar-refractivity contribution in [3.63, 3.8) is 0 Å². The van der Waals surface area contributed by atoms with Crippen molar-refractivity contribution in [2.75, 3.05) is 37.3 Å². The molecule has 2 aromatic heterocycles. The summed E-state index contributed by atoms with van der Waals surface area (Å²) in [5, 5.41) is 19.5. The van der Waals surface area contributed by atoms with Crippen LogP contribution in [0.15, 0.2) is 39.0 Å². The molecule has 1 saturated heterocycles. The van der Waals surface area contributed by atoms with Gasteiger partial charge in [0, 0.05) is 29.9 Å². The minimum Gasteiger partial charge on any atom is -0.543 e. The molecule has 0 aliphatic carbocycles. The van der Waals surface area contributed by atoms with Crippen LogP contribution in [0.4, 0.5) is 5.13 Å². The van der Waals surface area contributed by atoms with Gasteiger partial charge in [-0.1, -0.05) is 9.83 Å². The number of β-lactam (4-membered cyclic amide) rings is 1. The largest absolute Gasteiger partial charge is 0.543 e. The minimum atomic E-state index is -1.46. The van der Waals surface area contributed by atoms with Crippen LogP contribution in [-0.4, -0.2) is 70.5 Å². The number of nitrogens with one attached hydrogen (secondary N) is 1. The third-order valence-electron chi connectivity index (χ3n) is 5.62. The summed E-state index contributed by atoms with van der Waals surface area (Å²) < 4.78 is 6.88. The van der Waals surface area contributed by atoms with Gasteiger partial charge in [0.1, 0.15) is 24.2 Å². The summed E-state index contributed by atoms with van der Waals surface area (Å²) in [7, 11) is 2.80. The number of fused-ring (bicyclic) bond motifs is 1. The van der Waals surface area contributed by atoms with E-state index in [1.807, 2.05) is 0 Å². The Labute approximate surface area is 223 Å². The van der Waals surface area contributed by atoms with Crippen molar-refractivity contribution in [2.24, 2.45) is 5.16 Å². The molecule has 196 valence electrons. The first-order valence-corrected chi connectivity index (χ1v) is 13.6. The number of thioether (sulfide) groups is 2. The number of methoxy groups -OCH3 is 1. The first-order valence-electron chi connectivity index (χ1n) is 10.7. The quantitative estimate of drug-likeness (QED) is 0.0809. The van der Waals surface area contributed by atoms with Crippen LogP contribution >= 0.6 is 34.9 Å². The van der Waals surface area contributed by atoms with Crippen LogP contribution < -0.4 is 31.4 Å². The second-order valence-corrected chi connectivity index (χ2v) is 10.8. The number of pyridine rings is 1. The Hall–Kier alpha value is -3.50. The predicted octanol–water partition coefficient (Wildman–Crippen LogP) is -1.41. The van der Waals surface area contributed by atoms with Gasteiger partial charge in [-0.2, -0.15) is 0 Å². The highest BCUT2D eigenvalue weighted by molar-refractivity contribution is 8.01. The Morgan fingerprint density at radius 1 is 1.43 bits per heavy atom. The lowest BCUT2D eigenvalue weighted by molar-refractivity contribution is -0.646. The average molecular weight is 566 g/mol. The van der Waals surface area contributed by atoms with E-state index in [0.29, 0.717) is 22.8 Å². The van der Waals surface area contributed by atoms with Gasteiger partial charge >= 0.3 is 0 Å². The molecule has 0 bridgehead atoms. The lowest BCUT2D eigenvalue weighted by atomic mass is 10.0. The van der Waals surface area contributed by atoms with Crippen molar-refractivity contribution >= 4 is 63.5 Å². The fraction of sp³-hybridized carbons (Fsp3) is 0.333. The Morgan fingerprint density at radius 2 is 2.19 bits per heavy atom. The number of ether oxygens (including phenoxy) is 1. The number of nitrogen functional groups attached to an aromatic ring is 2. The molecule has 13 nitrogen and oxygen atoms in total. The van der Waals surface area contributed by atoms with Gasteiger partial charge in [-0.25, -0.2) is 10.8 Å². The molecule has 4 heterocycles. The topological polar surface area (TPSA) is 189 Å². The standard InChI is InChI=1S/C21H23N7O6S3/c1-9-16(33-2)12(4-5-27(9)23)35-6-10-7-36-19-14(18(30)28(19)15(10)20(31)32)25-17(29)13(26-34-3)11-8-37-21(22)24-11/h4-5,8,14,19H,6-7,23H2,1-3H3,(H3-,22,24,25,29,31,32)/b26-13-/t14?,19-/m0/s1. The van der Waals surface area contributed by atoms with Gasteiger partial charge in [-0.05, 0) is 5.57 Å². The monoisotopic (exact) mass is 565 g/mol. The number of hydrogen-bond acceptors (Lipinski definition) is 13. The summed E-state index contributed by atoms with van der Waals surface area (Å²) in [6.07, 6.45) is 1.67. The molecule has 0 saturated carbocycles. The number of aromatic nitrogens is 2. The zero-order valence-corrected chi connectivity index (χ0v) is 22.4. The summed E-state index contributed by atoms with van der Waals surface area (Å²) in [5.74, 6) is 4.32. The molecule has 37 heavy (non-hydrogen) atoms. The molecule has 0 radical (unpaired) electrons. The minimum absolute atomic E-state index is 0.152. The number of aliphatic carboxylic acids is 1. The maximum Gasteiger partial charge on any atom is 0.276 e. The first kappa shape index (κ1) is 26.6. The van der Waals surface area contributed by atoms with Gasteiger partial charge in [-0.15, -0.1) is 34.9 Å². The van der Waals surface area contributed by atoms with Crippen molar-refractivity contribution in [3.05, 3.63) is 40.3 Å². The summed E-state index contributed by atoms with van der Waals surface area (Å²) >= 11 is 3.82. The fourth-order valence-electron chi connectivity index (χ4n) is 3.84. The van der Waals surface area contributed by atoms with E-state index in [9.17, 15) is 19.5 Å². The number of nitrogens with zero attached hydrogens (tertiary/aromatic N) is 4. The molecular formula is C21H23N7O6S3. The van der Waals surface area contributed by atoms with Crippen molar-refractivity contribution < 1.29 is 33.7 Å². The van der Waals surface area contributed by atoms with Crippen LogP contribution in [0.5, 0.6) is 5.75 Å². The summed E-state index contributed by atoms with van der Waals surface area (Å²) in [5.41, 5.74) is 6.72. The summed E-state index contributed by atoms with van der Waals surface area (Å²) in [6, 6.07) is 0.806. The maximum atomic E-state index is 13.0. The molecule has 2 amide bonds. The number of oxime groups is 1. The Kier molecular flexibility index (Phi) is 7.79. The zero-order chi connectivity index (χ0) is 26.9. The van der Waals surface area contributed by atoms with Crippen molar-refractivity contribution in [1.82, 2.24) is 15.2 Å². The normalized spacial score (nSPS) is 19.3. The zero-order valence-electron chi connectivity index (χ0n) is 19.9. The van der Waals surface area contributed by atoms with E-state index in [1.165, 1.54) is 47.8 Å². The number of thiazole rings is 1. The van der Waals surface area contributed by atoms with Crippen molar-refractivity contribution in [2.45, 2.75) is 23.2 Å². The molecule has 1 fully saturated rings. The molecule has 4 rings (SSSR count). The molecule has 2 aliphatic rings. The second-order valence-electron chi connectivity index (χ2n) is 7.79. The van der Waals surface area contributed by atoms with Gasteiger partial charge in [0.15, 0.2) is 10.8 Å². The van der Waals surface area contributed by atoms with Crippen molar-refractivity contribution in [1.29, 1.82) is 0 Å². The Balaban J connectivity index is 1.51. The molecule has 2 atom stereocenters. The maximum absolute atomic E-state index is 13.0. The van der Waals surface area contributed by atoms with Gasteiger partial charge < -0.3 is 30.5 Å². The molecule has 16 heteroatoms. The Bertz CT molecular complexity index is 1330. The number of carboxylic acids is 1. The SMILES string of the molecule is CO/N=C(\C(=O)NC1C(=O)N2C(C(=O)[O-])=C(CSc3cc[n+](N)c(C)c3OC)CS[C@@H]12)c1csc(N)n1. The number of hydrogen-bond donors (Lipinski definition) is 3. The molecule has 2 aliphatic heterocycles. The third kappa shape index (κ3) is 5.03. The molecule has 0 spiro atoms. The van der Waals surface area contributed by atoms with Gasteiger partial charge in [-0.3, -0.25) is 14.5 Å². The van der Waals surface area contributed by atoms with Gasteiger partial charge in [0.2, 0.25) is 11.9 Å². The van der Waals surface area contributed by atoms with Crippen LogP contribution in [-0.2, 0) is 19.2 Å². The number of carbonyl (C=O) groups excluding carboxylic acids is 3.